The molecule has 1 aromatic heterocycles. The number of Topliss-reactive ketones (excluding diaryl/α,β-unsaturated/α-hetero) is 1. The van der Waals surface area contributed by atoms with Crippen molar-refractivity contribution in [2.24, 2.45) is 0 Å². The van der Waals surface area contributed by atoms with Crippen LogP contribution >= 0.6 is 11.3 Å². The van der Waals surface area contributed by atoms with Crippen molar-refractivity contribution in [3.8, 4) is 10.4 Å². The number of aromatic nitrogens is 1. The van der Waals surface area contributed by atoms with Crippen molar-refractivity contribution in [1.29, 1.82) is 0 Å². The average Bonchev–Trinajstić information content (AvgIpc) is 3.02. The number of ketones is 1. The molecule has 0 amide bonds. The van der Waals surface area contributed by atoms with Gasteiger partial charge in [-0.2, -0.15) is 0 Å². The van der Waals surface area contributed by atoms with Gasteiger partial charge in [0.15, 0.2) is 12.1 Å². The molecular weight excluding hydrogens is 329 g/mol. The Balaban J connectivity index is 1.85. The molecule has 1 aromatic carbocycles. The van der Waals surface area contributed by atoms with Crippen LogP contribution in [-0.4, -0.2) is 23.7 Å². The van der Waals surface area contributed by atoms with Crippen molar-refractivity contribution >= 4 is 17.1 Å². The van der Waals surface area contributed by atoms with Gasteiger partial charge in [0.1, 0.15) is 22.6 Å². The number of rotatable bonds is 5. The fourth-order valence-electron chi connectivity index (χ4n) is 2.65. The van der Waals surface area contributed by atoms with Gasteiger partial charge in [-0.15, -0.1) is 11.3 Å². The Morgan fingerprint density at radius 2 is 2.12 bits per heavy atom. The van der Waals surface area contributed by atoms with Gasteiger partial charge in [0.25, 0.3) is 0 Å². The summed E-state index contributed by atoms with van der Waals surface area (Å²) in [7, 11) is 0. The number of halogens is 1. The Kier molecular flexibility index (Phi) is 5.38. The Bertz CT molecular complexity index is 708. The highest BCUT2D eigenvalue weighted by Crippen LogP contribution is 2.35. The lowest BCUT2D eigenvalue weighted by Gasteiger charge is -2.25. The van der Waals surface area contributed by atoms with Crippen molar-refractivity contribution in [2.45, 2.75) is 45.5 Å². The number of benzene rings is 1. The predicted molar refractivity (Wildman–Crippen MR) is 90.6 cm³/mol. The molecule has 0 saturated carbocycles. The first kappa shape index (κ1) is 17.2. The van der Waals surface area contributed by atoms with E-state index in [4.69, 9.17) is 9.47 Å². The summed E-state index contributed by atoms with van der Waals surface area (Å²) >= 11 is 1.41. The van der Waals surface area contributed by atoms with Crippen molar-refractivity contribution in [3.05, 3.63) is 40.8 Å². The maximum Gasteiger partial charge on any atom is 0.179 e. The van der Waals surface area contributed by atoms with Crippen molar-refractivity contribution in [2.75, 3.05) is 6.61 Å². The maximum atomic E-state index is 13.1. The second kappa shape index (κ2) is 7.51. The van der Waals surface area contributed by atoms with Crippen LogP contribution in [0, 0.1) is 5.82 Å². The summed E-state index contributed by atoms with van der Waals surface area (Å²) in [5.74, 6) is -0.419. The zero-order valence-electron chi connectivity index (χ0n) is 13.8. The van der Waals surface area contributed by atoms with Gasteiger partial charge in [-0.1, -0.05) is 12.1 Å². The molecular formula is C18H20FNO3S. The molecule has 128 valence electrons. The number of carbonyl (C=O) groups is 1. The molecule has 0 aliphatic carbocycles. The summed E-state index contributed by atoms with van der Waals surface area (Å²) in [6, 6.07) is 6.09. The van der Waals surface area contributed by atoms with E-state index in [1.54, 1.807) is 12.1 Å². The summed E-state index contributed by atoms with van der Waals surface area (Å²) in [4.78, 5) is 17.2. The topological polar surface area (TPSA) is 48.4 Å². The van der Waals surface area contributed by atoms with Crippen molar-refractivity contribution in [1.82, 2.24) is 4.98 Å². The lowest BCUT2D eigenvalue weighted by molar-refractivity contribution is -0.186. The van der Waals surface area contributed by atoms with Crippen LogP contribution in [-0.2, 0) is 9.47 Å². The third kappa shape index (κ3) is 3.88. The second-order valence-corrected chi connectivity index (χ2v) is 6.90. The van der Waals surface area contributed by atoms with E-state index in [2.05, 4.69) is 4.98 Å². The number of thiazole rings is 1. The SMILES string of the molecule is CC(=O)c1nc([C@H](C)OC2CCCCO2)sc1-c1ccc(F)cc1. The number of nitrogens with zero attached hydrogens (tertiary/aromatic N) is 1. The number of carbonyl (C=O) groups excluding carboxylic acids is 1. The first-order chi connectivity index (χ1) is 11.5. The van der Waals surface area contributed by atoms with E-state index in [9.17, 15) is 9.18 Å². The van der Waals surface area contributed by atoms with Crippen LogP contribution < -0.4 is 0 Å². The van der Waals surface area contributed by atoms with E-state index in [1.807, 2.05) is 6.92 Å². The zero-order valence-corrected chi connectivity index (χ0v) is 14.6. The third-order valence-corrected chi connectivity index (χ3v) is 5.19. The van der Waals surface area contributed by atoms with Gasteiger partial charge >= 0.3 is 0 Å². The van der Waals surface area contributed by atoms with E-state index < -0.39 is 0 Å². The molecule has 0 radical (unpaired) electrons. The molecule has 6 heteroatoms. The minimum absolute atomic E-state index is 0.113. The molecule has 0 bridgehead atoms. The van der Waals surface area contributed by atoms with Gasteiger partial charge < -0.3 is 9.47 Å². The lowest BCUT2D eigenvalue weighted by atomic mass is 10.1. The Labute approximate surface area is 144 Å². The summed E-state index contributed by atoms with van der Waals surface area (Å²) in [6.45, 7) is 4.12. The summed E-state index contributed by atoms with van der Waals surface area (Å²) in [5, 5.41) is 0.730. The molecule has 1 unspecified atom stereocenters. The van der Waals surface area contributed by atoms with Crippen LogP contribution in [0.5, 0.6) is 0 Å². The van der Waals surface area contributed by atoms with Gasteiger partial charge in [0, 0.05) is 13.5 Å². The van der Waals surface area contributed by atoms with E-state index in [-0.39, 0.29) is 24.0 Å². The van der Waals surface area contributed by atoms with Crippen LogP contribution in [0.1, 0.15) is 54.7 Å². The highest BCUT2D eigenvalue weighted by atomic mass is 32.1. The van der Waals surface area contributed by atoms with E-state index in [0.717, 1.165) is 41.3 Å². The molecule has 4 nitrogen and oxygen atoms in total. The quantitative estimate of drug-likeness (QED) is 0.731. The molecule has 2 atom stereocenters. The summed E-state index contributed by atoms with van der Waals surface area (Å²) in [6.07, 6.45) is 2.56. The maximum absolute atomic E-state index is 13.1. The lowest BCUT2D eigenvalue weighted by Crippen LogP contribution is -2.23. The summed E-state index contributed by atoms with van der Waals surface area (Å²) < 4.78 is 24.7. The second-order valence-electron chi connectivity index (χ2n) is 5.87. The standard InChI is InChI=1S/C18H20FNO3S/c1-11(21)16-17(13-6-8-14(19)9-7-13)24-18(20-16)12(2)23-15-5-3-4-10-22-15/h6-9,12,15H,3-5,10H2,1-2H3/t12-,15?/m0/s1. The molecule has 24 heavy (non-hydrogen) atoms. The summed E-state index contributed by atoms with van der Waals surface area (Å²) in [5.41, 5.74) is 1.19. The van der Waals surface area contributed by atoms with E-state index in [0.29, 0.717) is 5.69 Å². The van der Waals surface area contributed by atoms with Crippen LogP contribution in [0.25, 0.3) is 10.4 Å². The van der Waals surface area contributed by atoms with Crippen LogP contribution in [0.15, 0.2) is 24.3 Å². The molecule has 1 aliphatic heterocycles. The monoisotopic (exact) mass is 349 g/mol. The number of hydrogen-bond acceptors (Lipinski definition) is 5. The molecule has 1 fully saturated rings. The molecule has 2 heterocycles. The smallest absolute Gasteiger partial charge is 0.179 e. The Morgan fingerprint density at radius 1 is 1.38 bits per heavy atom. The Hall–Kier alpha value is -1.63. The fraction of sp³-hybridized carbons (Fsp3) is 0.444. The van der Waals surface area contributed by atoms with Crippen LogP contribution in [0.3, 0.4) is 0 Å². The first-order valence-electron chi connectivity index (χ1n) is 8.09. The van der Waals surface area contributed by atoms with Gasteiger partial charge in [-0.25, -0.2) is 9.37 Å². The molecule has 3 rings (SSSR count). The zero-order chi connectivity index (χ0) is 17.1. The molecule has 2 aromatic rings. The fourth-order valence-corrected chi connectivity index (χ4v) is 3.76. The predicted octanol–water partition coefficient (Wildman–Crippen LogP) is 4.76. The Morgan fingerprint density at radius 3 is 2.75 bits per heavy atom. The normalized spacial score (nSPS) is 19.2. The van der Waals surface area contributed by atoms with Gasteiger partial charge in [0.05, 0.1) is 4.88 Å². The minimum atomic E-state index is -0.306. The molecule has 1 saturated heterocycles. The van der Waals surface area contributed by atoms with Gasteiger partial charge in [-0.3, -0.25) is 4.79 Å². The highest BCUT2D eigenvalue weighted by Gasteiger charge is 2.23. The van der Waals surface area contributed by atoms with Gasteiger partial charge in [-0.05, 0) is 43.9 Å². The highest BCUT2D eigenvalue weighted by molar-refractivity contribution is 7.15. The largest absolute Gasteiger partial charge is 0.353 e. The molecule has 0 spiro atoms. The van der Waals surface area contributed by atoms with Crippen molar-refractivity contribution in [3.63, 3.8) is 0 Å². The number of ether oxygens (including phenoxy) is 2. The number of hydrogen-bond donors (Lipinski definition) is 0. The van der Waals surface area contributed by atoms with Crippen molar-refractivity contribution < 1.29 is 18.7 Å². The van der Waals surface area contributed by atoms with Gasteiger partial charge in [0.2, 0.25) is 0 Å². The third-order valence-electron chi connectivity index (χ3n) is 3.93. The minimum Gasteiger partial charge on any atom is -0.353 e. The van der Waals surface area contributed by atoms with E-state index in [1.165, 1.54) is 30.4 Å². The first-order valence-corrected chi connectivity index (χ1v) is 8.91. The van der Waals surface area contributed by atoms with Crippen LogP contribution in [0.2, 0.25) is 0 Å². The van der Waals surface area contributed by atoms with Crippen LogP contribution in [0.4, 0.5) is 4.39 Å². The molecule has 0 N–H and O–H groups in total. The molecule has 1 aliphatic rings. The average molecular weight is 349 g/mol. The van der Waals surface area contributed by atoms with E-state index >= 15 is 0 Å².